The summed E-state index contributed by atoms with van der Waals surface area (Å²) in [5.74, 6) is 0.273. The third kappa shape index (κ3) is 2.69. The Labute approximate surface area is 143 Å². The van der Waals surface area contributed by atoms with Crippen molar-refractivity contribution in [3.8, 4) is 5.69 Å². The first-order valence-corrected chi connectivity index (χ1v) is 8.24. The highest BCUT2D eigenvalue weighted by Gasteiger charge is 2.28. The average molecular weight is 342 g/mol. The van der Waals surface area contributed by atoms with Crippen molar-refractivity contribution < 1.29 is 4.79 Å². The van der Waals surface area contributed by atoms with Crippen LogP contribution in [-0.4, -0.2) is 25.9 Å². The van der Waals surface area contributed by atoms with E-state index >= 15 is 0 Å². The number of nitrogens with one attached hydrogen (secondary N) is 2. The van der Waals surface area contributed by atoms with Crippen LogP contribution in [0.2, 0.25) is 5.02 Å². The van der Waals surface area contributed by atoms with E-state index in [0.717, 1.165) is 36.2 Å². The summed E-state index contributed by atoms with van der Waals surface area (Å²) in [6, 6.07) is 9.20. The maximum absolute atomic E-state index is 12.6. The summed E-state index contributed by atoms with van der Waals surface area (Å²) in [6.45, 7) is 0. The van der Waals surface area contributed by atoms with Gasteiger partial charge in [-0.05, 0) is 31.4 Å². The van der Waals surface area contributed by atoms with Gasteiger partial charge in [0.05, 0.1) is 22.8 Å². The zero-order chi connectivity index (χ0) is 16.5. The summed E-state index contributed by atoms with van der Waals surface area (Å²) in [4.78, 5) is 12.6. The largest absolute Gasteiger partial charge is 0.309 e. The number of rotatable bonds is 3. The van der Waals surface area contributed by atoms with Crippen LogP contribution in [0.25, 0.3) is 5.69 Å². The molecule has 3 aromatic rings. The molecule has 1 amide bonds. The summed E-state index contributed by atoms with van der Waals surface area (Å²) in [5.41, 5.74) is 2.82. The van der Waals surface area contributed by atoms with Crippen LogP contribution in [-0.2, 0) is 11.2 Å². The number of para-hydroxylation sites is 1. The van der Waals surface area contributed by atoms with E-state index in [4.69, 9.17) is 11.6 Å². The summed E-state index contributed by atoms with van der Waals surface area (Å²) in [6.07, 6.45) is 6.27. The standard InChI is InChI=1S/C17H16ClN5O/c18-13-5-1-2-7-15(13)23-9-8-16(22-23)20-17(24)11-4-3-6-14-12(11)10-19-21-14/h1-2,5,7-11H,3-4,6H2,(H,19,21)(H,20,22,24). The second kappa shape index (κ2) is 6.13. The van der Waals surface area contributed by atoms with Gasteiger partial charge in [0, 0.05) is 23.5 Å². The van der Waals surface area contributed by atoms with Crippen LogP contribution < -0.4 is 5.32 Å². The van der Waals surface area contributed by atoms with Crippen molar-refractivity contribution in [3.05, 3.63) is 59.0 Å². The Morgan fingerprint density at radius 2 is 2.21 bits per heavy atom. The minimum atomic E-state index is -0.182. The van der Waals surface area contributed by atoms with Crippen molar-refractivity contribution in [2.75, 3.05) is 5.32 Å². The van der Waals surface area contributed by atoms with Gasteiger partial charge in [0.1, 0.15) is 0 Å². The van der Waals surface area contributed by atoms with E-state index in [1.54, 1.807) is 29.2 Å². The fourth-order valence-electron chi connectivity index (χ4n) is 3.11. The van der Waals surface area contributed by atoms with Gasteiger partial charge in [-0.15, -0.1) is 0 Å². The van der Waals surface area contributed by atoms with Gasteiger partial charge < -0.3 is 5.32 Å². The number of carbonyl (C=O) groups is 1. The van der Waals surface area contributed by atoms with Crippen molar-refractivity contribution in [2.24, 2.45) is 0 Å². The molecule has 1 aromatic carbocycles. The number of nitrogens with zero attached hydrogens (tertiary/aromatic N) is 3. The van der Waals surface area contributed by atoms with Gasteiger partial charge in [-0.3, -0.25) is 9.89 Å². The molecular formula is C17H16ClN5O. The van der Waals surface area contributed by atoms with E-state index in [1.807, 2.05) is 18.2 Å². The quantitative estimate of drug-likeness (QED) is 0.767. The smallest absolute Gasteiger partial charge is 0.233 e. The van der Waals surface area contributed by atoms with Gasteiger partial charge >= 0.3 is 0 Å². The number of amides is 1. The Kier molecular flexibility index (Phi) is 3.82. The first kappa shape index (κ1) is 15.0. The predicted molar refractivity (Wildman–Crippen MR) is 91.5 cm³/mol. The van der Waals surface area contributed by atoms with E-state index in [1.165, 1.54) is 0 Å². The van der Waals surface area contributed by atoms with E-state index < -0.39 is 0 Å². The first-order chi connectivity index (χ1) is 11.7. The van der Waals surface area contributed by atoms with E-state index in [-0.39, 0.29) is 11.8 Å². The number of aromatic amines is 1. The fourth-order valence-corrected chi connectivity index (χ4v) is 3.33. The normalized spacial score (nSPS) is 16.6. The summed E-state index contributed by atoms with van der Waals surface area (Å²) in [7, 11) is 0. The van der Waals surface area contributed by atoms with Crippen LogP contribution >= 0.6 is 11.6 Å². The first-order valence-electron chi connectivity index (χ1n) is 7.86. The Hall–Kier alpha value is -2.60. The molecule has 2 N–H and O–H groups in total. The molecule has 1 aliphatic carbocycles. The maximum Gasteiger partial charge on any atom is 0.233 e. The predicted octanol–water partition coefficient (Wildman–Crippen LogP) is 3.31. The fraction of sp³-hybridized carbons (Fsp3) is 0.235. The number of hydrogen-bond donors (Lipinski definition) is 2. The number of carbonyl (C=O) groups excluding carboxylic acids is 1. The van der Waals surface area contributed by atoms with Crippen molar-refractivity contribution in [1.82, 2.24) is 20.0 Å². The summed E-state index contributed by atoms with van der Waals surface area (Å²) < 4.78 is 1.65. The Morgan fingerprint density at radius 1 is 1.33 bits per heavy atom. The highest BCUT2D eigenvalue weighted by Crippen LogP contribution is 2.31. The van der Waals surface area contributed by atoms with Crippen LogP contribution in [0, 0.1) is 0 Å². The third-order valence-corrected chi connectivity index (χ3v) is 4.62. The summed E-state index contributed by atoms with van der Waals surface area (Å²) in [5, 5.41) is 14.9. The van der Waals surface area contributed by atoms with Crippen molar-refractivity contribution in [3.63, 3.8) is 0 Å². The minimum absolute atomic E-state index is 0.0539. The lowest BCUT2D eigenvalue weighted by Gasteiger charge is -2.20. The number of anilines is 1. The molecular weight excluding hydrogens is 326 g/mol. The number of halogens is 1. The van der Waals surface area contributed by atoms with E-state index in [9.17, 15) is 4.79 Å². The minimum Gasteiger partial charge on any atom is -0.309 e. The van der Waals surface area contributed by atoms with Gasteiger partial charge in [0.15, 0.2) is 5.82 Å². The molecule has 1 atom stereocenters. The number of benzene rings is 1. The van der Waals surface area contributed by atoms with Gasteiger partial charge in [-0.2, -0.15) is 10.2 Å². The lowest BCUT2D eigenvalue weighted by molar-refractivity contribution is -0.117. The Balaban J connectivity index is 1.53. The maximum atomic E-state index is 12.6. The SMILES string of the molecule is O=C(Nc1ccn(-c2ccccc2Cl)n1)C1CCCc2[nH]ncc21. The Bertz CT molecular complexity index is 885. The van der Waals surface area contributed by atoms with Gasteiger partial charge in [0.25, 0.3) is 0 Å². The number of aryl methyl sites for hydroxylation is 1. The molecule has 0 fully saturated rings. The number of aromatic nitrogens is 4. The lowest BCUT2D eigenvalue weighted by atomic mass is 9.86. The Morgan fingerprint density at radius 3 is 3.08 bits per heavy atom. The second-order valence-corrected chi connectivity index (χ2v) is 6.24. The highest BCUT2D eigenvalue weighted by molar-refractivity contribution is 6.32. The molecule has 6 nitrogen and oxygen atoms in total. The van der Waals surface area contributed by atoms with Crippen LogP contribution in [0.3, 0.4) is 0 Å². The molecule has 122 valence electrons. The molecule has 0 spiro atoms. The topological polar surface area (TPSA) is 75.6 Å². The molecule has 0 saturated carbocycles. The molecule has 1 aliphatic rings. The lowest BCUT2D eigenvalue weighted by Crippen LogP contribution is -2.24. The average Bonchev–Trinajstić information content (AvgIpc) is 3.24. The van der Waals surface area contributed by atoms with Gasteiger partial charge in [-0.25, -0.2) is 4.68 Å². The van der Waals surface area contributed by atoms with Crippen LogP contribution in [0.4, 0.5) is 5.82 Å². The molecule has 0 bridgehead atoms. The van der Waals surface area contributed by atoms with Crippen LogP contribution in [0.5, 0.6) is 0 Å². The van der Waals surface area contributed by atoms with Crippen LogP contribution in [0.1, 0.15) is 30.0 Å². The van der Waals surface area contributed by atoms with Gasteiger partial charge in [0.2, 0.25) is 5.91 Å². The number of H-pyrrole nitrogens is 1. The molecule has 0 radical (unpaired) electrons. The molecule has 24 heavy (non-hydrogen) atoms. The van der Waals surface area contributed by atoms with E-state index in [2.05, 4.69) is 20.6 Å². The third-order valence-electron chi connectivity index (χ3n) is 4.30. The highest BCUT2D eigenvalue weighted by atomic mass is 35.5. The van der Waals surface area contributed by atoms with Crippen molar-refractivity contribution in [1.29, 1.82) is 0 Å². The second-order valence-electron chi connectivity index (χ2n) is 5.83. The zero-order valence-electron chi connectivity index (χ0n) is 12.9. The number of hydrogen-bond acceptors (Lipinski definition) is 3. The molecule has 7 heteroatoms. The van der Waals surface area contributed by atoms with Crippen LogP contribution in [0.15, 0.2) is 42.7 Å². The number of fused-ring (bicyclic) bond motifs is 1. The van der Waals surface area contributed by atoms with Gasteiger partial charge in [-0.1, -0.05) is 23.7 Å². The molecule has 0 saturated heterocycles. The zero-order valence-corrected chi connectivity index (χ0v) is 13.6. The molecule has 2 heterocycles. The molecule has 2 aromatic heterocycles. The van der Waals surface area contributed by atoms with E-state index in [0.29, 0.717) is 10.8 Å². The molecule has 1 unspecified atom stereocenters. The van der Waals surface area contributed by atoms with Crippen molar-refractivity contribution in [2.45, 2.75) is 25.2 Å². The summed E-state index contributed by atoms with van der Waals surface area (Å²) >= 11 is 6.18. The monoisotopic (exact) mass is 341 g/mol. The molecule has 0 aliphatic heterocycles. The van der Waals surface area contributed by atoms with Crippen molar-refractivity contribution >= 4 is 23.3 Å². The molecule has 4 rings (SSSR count).